The fraction of sp³-hybridized carbons (Fsp3) is 0.250. The zero-order valence-corrected chi connectivity index (χ0v) is 14.5. The van der Waals surface area contributed by atoms with Crippen LogP contribution in [0, 0.1) is 0 Å². The summed E-state index contributed by atoms with van der Waals surface area (Å²) in [5.74, 6) is -0.586. The molecular formula is C20H20N2O4. The Hall–Kier alpha value is -3.15. The number of benzene rings is 2. The number of carbonyl (C=O) groups excluding carboxylic acids is 3. The van der Waals surface area contributed by atoms with Crippen molar-refractivity contribution >= 4 is 23.4 Å². The van der Waals surface area contributed by atoms with Crippen molar-refractivity contribution in [2.24, 2.45) is 0 Å². The number of hydrogen-bond acceptors (Lipinski definition) is 4. The number of fused-ring (bicyclic) bond motifs is 1. The molecule has 0 saturated heterocycles. The summed E-state index contributed by atoms with van der Waals surface area (Å²) in [5, 5.41) is 2.69. The second-order valence-electron chi connectivity index (χ2n) is 6.02. The van der Waals surface area contributed by atoms with Crippen LogP contribution in [0.3, 0.4) is 0 Å². The van der Waals surface area contributed by atoms with Gasteiger partial charge in [-0.05, 0) is 42.8 Å². The van der Waals surface area contributed by atoms with Gasteiger partial charge in [0.1, 0.15) is 12.3 Å². The van der Waals surface area contributed by atoms with Gasteiger partial charge in [-0.2, -0.15) is 0 Å². The molecule has 2 aromatic carbocycles. The van der Waals surface area contributed by atoms with E-state index in [1.807, 2.05) is 0 Å². The van der Waals surface area contributed by atoms with Gasteiger partial charge < -0.3 is 10.1 Å². The van der Waals surface area contributed by atoms with Crippen LogP contribution in [-0.2, 0) is 4.79 Å². The number of unbranched alkanes of at least 4 members (excludes halogenated alkanes) is 1. The minimum absolute atomic E-state index is 0.318. The van der Waals surface area contributed by atoms with Gasteiger partial charge >= 0.3 is 0 Å². The van der Waals surface area contributed by atoms with Crippen LogP contribution in [0.2, 0.25) is 0 Å². The third-order valence-electron chi connectivity index (χ3n) is 4.08. The first kappa shape index (κ1) is 17.7. The number of rotatable bonds is 7. The summed E-state index contributed by atoms with van der Waals surface area (Å²) in [5.41, 5.74) is 1.24. The molecule has 134 valence electrons. The fourth-order valence-corrected chi connectivity index (χ4v) is 2.70. The topological polar surface area (TPSA) is 75.7 Å². The number of nitrogens with one attached hydrogen (secondary N) is 1. The van der Waals surface area contributed by atoms with Crippen LogP contribution >= 0.6 is 0 Å². The second-order valence-corrected chi connectivity index (χ2v) is 6.02. The average molecular weight is 352 g/mol. The Morgan fingerprint density at radius 1 is 1.00 bits per heavy atom. The summed E-state index contributed by atoms with van der Waals surface area (Å²) in [6.45, 7) is 2.43. The molecule has 0 atom stereocenters. The molecule has 0 saturated carbocycles. The van der Waals surface area contributed by atoms with Crippen molar-refractivity contribution in [1.82, 2.24) is 4.90 Å². The third kappa shape index (κ3) is 3.74. The first-order valence-electron chi connectivity index (χ1n) is 8.58. The number of anilines is 1. The van der Waals surface area contributed by atoms with E-state index in [-0.39, 0.29) is 6.54 Å². The third-order valence-corrected chi connectivity index (χ3v) is 4.08. The largest absolute Gasteiger partial charge is 0.494 e. The monoisotopic (exact) mass is 352 g/mol. The van der Waals surface area contributed by atoms with Crippen molar-refractivity contribution in [1.29, 1.82) is 0 Å². The highest BCUT2D eigenvalue weighted by Gasteiger charge is 2.36. The Kier molecular flexibility index (Phi) is 5.31. The molecule has 1 heterocycles. The molecule has 0 fully saturated rings. The van der Waals surface area contributed by atoms with E-state index >= 15 is 0 Å². The second kappa shape index (κ2) is 7.82. The highest BCUT2D eigenvalue weighted by atomic mass is 16.5. The summed E-state index contributed by atoms with van der Waals surface area (Å²) in [6, 6.07) is 13.6. The maximum absolute atomic E-state index is 12.3. The van der Waals surface area contributed by atoms with Crippen molar-refractivity contribution in [3.05, 3.63) is 59.7 Å². The van der Waals surface area contributed by atoms with E-state index in [4.69, 9.17) is 4.74 Å². The lowest BCUT2D eigenvalue weighted by Gasteiger charge is -2.14. The molecule has 2 aromatic rings. The van der Waals surface area contributed by atoms with E-state index in [0.717, 1.165) is 23.5 Å². The standard InChI is InChI=1S/C20H20N2O4/c1-2-3-12-26-15-10-8-14(9-11-15)21-18(23)13-22-19(24)16-6-4-5-7-17(16)20(22)25/h4-11H,2-3,12-13H2,1H3,(H,21,23). The van der Waals surface area contributed by atoms with Gasteiger partial charge in [-0.3, -0.25) is 19.3 Å². The smallest absolute Gasteiger partial charge is 0.262 e. The van der Waals surface area contributed by atoms with Crippen LogP contribution in [0.4, 0.5) is 5.69 Å². The zero-order chi connectivity index (χ0) is 18.5. The fourth-order valence-electron chi connectivity index (χ4n) is 2.70. The Morgan fingerprint density at radius 2 is 1.62 bits per heavy atom. The molecule has 0 unspecified atom stereocenters. The molecular weight excluding hydrogens is 332 g/mol. The first-order chi connectivity index (χ1) is 12.6. The Labute approximate surface area is 151 Å². The normalized spacial score (nSPS) is 12.9. The number of hydrogen-bond donors (Lipinski definition) is 1. The molecule has 6 heteroatoms. The lowest BCUT2D eigenvalue weighted by atomic mass is 10.1. The molecule has 0 bridgehead atoms. The maximum Gasteiger partial charge on any atom is 0.262 e. The lowest BCUT2D eigenvalue weighted by Crippen LogP contribution is -2.37. The SMILES string of the molecule is CCCCOc1ccc(NC(=O)CN2C(=O)c3ccccc3C2=O)cc1. The van der Waals surface area contributed by atoms with Crippen molar-refractivity contribution in [2.45, 2.75) is 19.8 Å². The first-order valence-corrected chi connectivity index (χ1v) is 8.58. The van der Waals surface area contributed by atoms with Gasteiger partial charge in [-0.15, -0.1) is 0 Å². The highest BCUT2D eigenvalue weighted by molar-refractivity contribution is 6.22. The quantitative estimate of drug-likeness (QED) is 0.614. The van der Waals surface area contributed by atoms with Crippen molar-refractivity contribution < 1.29 is 19.1 Å². The van der Waals surface area contributed by atoms with Crippen LogP contribution in [0.25, 0.3) is 0 Å². The van der Waals surface area contributed by atoms with Crippen molar-refractivity contribution in [3.8, 4) is 5.75 Å². The molecule has 6 nitrogen and oxygen atoms in total. The van der Waals surface area contributed by atoms with Gasteiger partial charge in [0.2, 0.25) is 5.91 Å². The van der Waals surface area contributed by atoms with Crippen LogP contribution in [0.15, 0.2) is 48.5 Å². The predicted octanol–water partition coefficient (Wildman–Crippen LogP) is 3.10. The summed E-state index contributed by atoms with van der Waals surface area (Å²) < 4.78 is 5.57. The molecule has 0 aromatic heterocycles. The Balaban J connectivity index is 1.58. The Morgan fingerprint density at radius 3 is 2.19 bits per heavy atom. The molecule has 1 aliphatic heterocycles. The van der Waals surface area contributed by atoms with E-state index in [9.17, 15) is 14.4 Å². The Bertz CT molecular complexity index is 795. The number of amides is 3. The van der Waals surface area contributed by atoms with Crippen LogP contribution in [0.1, 0.15) is 40.5 Å². The van der Waals surface area contributed by atoms with E-state index in [2.05, 4.69) is 12.2 Å². The van der Waals surface area contributed by atoms with Crippen LogP contribution in [0.5, 0.6) is 5.75 Å². The van der Waals surface area contributed by atoms with Gasteiger partial charge in [0.25, 0.3) is 11.8 Å². The van der Waals surface area contributed by atoms with Crippen molar-refractivity contribution in [2.75, 3.05) is 18.5 Å². The molecule has 1 N–H and O–H groups in total. The van der Waals surface area contributed by atoms with Gasteiger partial charge in [0.15, 0.2) is 0 Å². The average Bonchev–Trinajstić information content (AvgIpc) is 2.89. The molecule has 0 aliphatic carbocycles. The molecule has 3 amide bonds. The maximum atomic E-state index is 12.3. The number of ether oxygens (including phenoxy) is 1. The van der Waals surface area contributed by atoms with E-state index in [0.29, 0.717) is 23.4 Å². The number of imide groups is 1. The van der Waals surface area contributed by atoms with E-state index in [1.165, 1.54) is 0 Å². The van der Waals surface area contributed by atoms with Crippen LogP contribution in [-0.4, -0.2) is 35.8 Å². The van der Waals surface area contributed by atoms with Gasteiger partial charge in [0, 0.05) is 5.69 Å². The summed E-state index contributed by atoms with van der Waals surface area (Å²) in [6.07, 6.45) is 2.05. The van der Waals surface area contributed by atoms with Crippen molar-refractivity contribution in [3.63, 3.8) is 0 Å². The lowest BCUT2D eigenvalue weighted by molar-refractivity contribution is -0.116. The van der Waals surface area contributed by atoms with Gasteiger partial charge in [-0.25, -0.2) is 0 Å². The zero-order valence-electron chi connectivity index (χ0n) is 14.5. The summed E-state index contributed by atoms with van der Waals surface area (Å²) >= 11 is 0. The van der Waals surface area contributed by atoms with Gasteiger partial charge in [-0.1, -0.05) is 25.5 Å². The molecule has 0 spiro atoms. The van der Waals surface area contributed by atoms with E-state index in [1.54, 1.807) is 48.5 Å². The summed E-state index contributed by atoms with van der Waals surface area (Å²) in [4.78, 5) is 37.7. The predicted molar refractivity (Wildman–Crippen MR) is 97.3 cm³/mol. The number of carbonyl (C=O) groups is 3. The summed E-state index contributed by atoms with van der Waals surface area (Å²) in [7, 11) is 0. The minimum Gasteiger partial charge on any atom is -0.494 e. The highest BCUT2D eigenvalue weighted by Crippen LogP contribution is 2.22. The molecule has 3 rings (SSSR count). The molecule has 1 aliphatic rings. The number of nitrogens with zero attached hydrogens (tertiary/aromatic N) is 1. The van der Waals surface area contributed by atoms with Gasteiger partial charge in [0.05, 0.1) is 17.7 Å². The van der Waals surface area contributed by atoms with E-state index < -0.39 is 17.7 Å². The minimum atomic E-state index is -0.444. The molecule has 26 heavy (non-hydrogen) atoms. The van der Waals surface area contributed by atoms with Crippen LogP contribution < -0.4 is 10.1 Å². The molecule has 0 radical (unpaired) electrons.